The molecule has 0 bridgehead atoms. The molecular weight excluding hydrogens is 484 g/mol. The van der Waals surface area contributed by atoms with Gasteiger partial charge in [-0.25, -0.2) is 0 Å². The molecule has 2 nitrogen and oxygen atoms in total. The molecule has 0 spiro atoms. The van der Waals surface area contributed by atoms with E-state index >= 15 is 0 Å². The number of benzene rings is 6. The summed E-state index contributed by atoms with van der Waals surface area (Å²) >= 11 is 0. The van der Waals surface area contributed by atoms with Gasteiger partial charge < -0.3 is 9.13 Å². The molecule has 0 radical (unpaired) electrons. The summed E-state index contributed by atoms with van der Waals surface area (Å²) in [6.45, 7) is 2.28. The van der Waals surface area contributed by atoms with Crippen LogP contribution in [0.15, 0.2) is 140 Å². The molecule has 2 heteroatoms. The van der Waals surface area contributed by atoms with Crippen molar-refractivity contribution in [1.29, 1.82) is 0 Å². The standard InChI is InChI=1S/C38H28N2/c1-2-26-27(19-13-25-33(26)39-35-21-9-4-15-29(35)30-16-5-10-22-36(30)39)28-14-3-8-20-34(28)40-37-23-11-6-17-31(37)32-18-7-12-24-38(32)40/h3-25H,2H2,1H3. The number of aromatic nitrogens is 2. The minimum Gasteiger partial charge on any atom is -0.309 e. The van der Waals surface area contributed by atoms with Crippen LogP contribution in [-0.2, 0) is 6.42 Å². The van der Waals surface area contributed by atoms with Gasteiger partial charge in [-0.05, 0) is 53.9 Å². The first-order valence-electron chi connectivity index (χ1n) is 14.0. The Balaban J connectivity index is 1.44. The lowest BCUT2D eigenvalue weighted by Gasteiger charge is -2.20. The van der Waals surface area contributed by atoms with Crippen molar-refractivity contribution in [2.45, 2.75) is 13.3 Å². The smallest absolute Gasteiger partial charge is 0.0541 e. The molecule has 0 fully saturated rings. The van der Waals surface area contributed by atoms with Crippen LogP contribution in [0.1, 0.15) is 12.5 Å². The Kier molecular flexibility index (Phi) is 5.14. The van der Waals surface area contributed by atoms with Gasteiger partial charge >= 0.3 is 0 Å². The molecule has 0 unspecified atom stereocenters. The topological polar surface area (TPSA) is 9.86 Å². The van der Waals surface area contributed by atoms with Gasteiger partial charge in [0.25, 0.3) is 0 Å². The zero-order valence-corrected chi connectivity index (χ0v) is 22.4. The number of para-hydroxylation sites is 5. The van der Waals surface area contributed by atoms with Crippen LogP contribution < -0.4 is 0 Å². The van der Waals surface area contributed by atoms with Gasteiger partial charge in [0.2, 0.25) is 0 Å². The summed E-state index contributed by atoms with van der Waals surface area (Å²) in [6.07, 6.45) is 0.924. The van der Waals surface area contributed by atoms with E-state index in [1.54, 1.807) is 0 Å². The van der Waals surface area contributed by atoms with Gasteiger partial charge in [0, 0.05) is 32.8 Å². The Morgan fingerprint density at radius 3 is 1.25 bits per heavy atom. The lowest BCUT2D eigenvalue weighted by atomic mass is 9.94. The molecule has 2 heterocycles. The molecule has 0 atom stereocenters. The van der Waals surface area contributed by atoms with E-state index in [-0.39, 0.29) is 0 Å². The van der Waals surface area contributed by atoms with Crippen LogP contribution in [0, 0.1) is 0 Å². The van der Waals surface area contributed by atoms with Gasteiger partial charge in [0.15, 0.2) is 0 Å². The maximum atomic E-state index is 2.45. The molecule has 0 saturated heterocycles. The number of nitrogens with zero attached hydrogens (tertiary/aromatic N) is 2. The van der Waals surface area contributed by atoms with Crippen molar-refractivity contribution in [2.24, 2.45) is 0 Å². The third-order valence-electron chi connectivity index (χ3n) is 8.34. The predicted molar refractivity (Wildman–Crippen MR) is 170 cm³/mol. The molecule has 2 aromatic heterocycles. The highest BCUT2D eigenvalue weighted by Crippen LogP contribution is 2.40. The van der Waals surface area contributed by atoms with Crippen LogP contribution >= 0.6 is 0 Å². The zero-order valence-electron chi connectivity index (χ0n) is 22.4. The van der Waals surface area contributed by atoms with Crippen LogP contribution in [0.25, 0.3) is 66.1 Å². The highest BCUT2D eigenvalue weighted by molar-refractivity contribution is 6.10. The third-order valence-corrected chi connectivity index (χ3v) is 8.34. The lowest BCUT2D eigenvalue weighted by Crippen LogP contribution is -2.03. The molecule has 0 aliphatic carbocycles. The largest absolute Gasteiger partial charge is 0.309 e. The summed E-state index contributed by atoms with van der Waals surface area (Å²) in [4.78, 5) is 0. The Labute approximate surface area is 233 Å². The van der Waals surface area contributed by atoms with Gasteiger partial charge in [-0.15, -0.1) is 0 Å². The summed E-state index contributed by atoms with van der Waals surface area (Å²) in [5.74, 6) is 0. The van der Waals surface area contributed by atoms with Crippen molar-refractivity contribution in [3.63, 3.8) is 0 Å². The van der Waals surface area contributed by atoms with Gasteiger partial charge in [-0.3, -0.25) is 0 Å². The van der Waals surface area contributed by atoms with Crippen molar-refractivity contribution in [3.05, 3.63) is 145 Å². The van der Waals surface area contributed by atoms with E-state index in [9.17, 15) is 0 Å². The summed E-state index contributed by atoms with van der Waals surface area (Å²) < 4.78 is 4.89. The SMILES string of the molecule is CCc1c(-c2ccccc2-n2c3ccccc3c3ccccc32)cccc1-n1c2ccccc2c2ccccc21. The summed E-state index contributed by atoms with van der Waals surface area (Å²) in [7, 11) is 0. The van der Waals surface area contributed by atoms with Crippen LogP contribution in [0.5, 0.6) is 0 Å². The van der Waals surface area contributed by atoms with E-state index in [1.165, 1.54) is 71.7 Å². The first-order chi connectivity index (χ1) is 19.8. The molecule has 8 rings (SSSR count). The minimum atomic E-state index is 0.924. The van der Waals surface area contributed by atoms with E-state index < -0.39 is 0 Å². The highest BCUT2D eigenvalue weighted by Gasteiger charge is 2.19. The Morgan fingerprint density at radius 2 is 0.750 bits per heavy atom. The summed E-state index contributed by atoms with van der Waals surface area (Å²) in [5, 5.41) is 5.14. The van der Waals surface area contributed by atoms with Crippen LogP contribution in [0.2, 0.25) is 0 Å². The van der Waals surface area contributed by atoms with Crippen molar-refractivity contribution >= 4 is 43.6 Å². The van der Waals surface area contributed by atoms with Crippen molar-refractivity contribution in [3.8, 4) is 22.5 Å². The summed E-state index contributed by atoms with van der Waals surface area (Å²) in [6, 6.07) is 50.7. The van der Waals surface area contributed by atoms with E-state index in [2.05, 4.69) is 156 Å². The monoisotopic (exact) mass is 512 g/mol. The van der Waals surface area contributed by atoms with Crippen LogP contribution in [0.4, 0.5) is 0 Å². The molecule has 6 aromatic carbocycles. The zero-order chi connectivity index (χ0) is 26.6. The fraction of sp³-hybridized carbons (Fsp3) is 0.0526. The normalized spacial score (nSPS) is 11.7. The molecule has 0 N–H and O–H groups in total. The second-order valence-corrected chi connectivity index (χ2v) is 10.4. The van der Waals surface area contributed by atoms with Crippen molar-refractivity contribution in [1.82, 2.24) is 9.13 Å². The van der Waals surface area contributed by atoms with E-state index in [0.717, 1.165) is 6.42 Å². The first-order valence-corrected chi connectivity index (χ1v) is 14.0. The maximum Gasteiger partial charge on any atom is 0.0541 e. The minimum absolute atomic E-state index is 0.924. The van der Waals surface area contributed by atoms with Crippen LogP contribution in [-0.4, -0.2) is 9.13 Å². The number of hydrogen-bond acceptors (Lipinski definition) is 0. The lowest BCUT2D eigenvalue weighted by molar-refractivity contribution is 1.07. The van der Waals surface area contributed by atoms with E-state index in [4.69, 9.17) is 0 Å². The Morgan fingerprint density at radius 1 is 0.375 bits per heavy atom. The second kappa shape index (κ2) is 9.00. The van der Waals surface area contributed by atoms with Gasteiger partial charge in [0.05, 0.1) is 27.8 Å². The third kappa shape index (κ3) is 3.23. The molecular formula is C38H28N2. The molecule has 0 aliphatic heterocycles. The molecule has 8 aromatic rings. The number of rotatable bonds is 4. The molecule has 0 saturated carbocycles. The van der Waals surface area contributed by atoms with Crippen molar-refractivity contribution in [2.75, 3.05) is 0 Å². The predicted octanol–water partition coefficient (Wildman–Crippen LogP) is 10.1. The number of hydrogen-bond donors (Lipinski definition) is 0. The van der Waals surface area contributed by atoms with Crippen molar-refractivity contribution < 1.29 is 0 Å². The van der Waals surface area contributed by atoms with Gasteiger partial charge in [0.1, 0.15) is 0 Å². The Bertz CT molecular complexity index is 2100. The molecule has 190 valence electrons. The molecule has 40 heavy (non-hydrogen) atoms. The number of fused-ring (bicyclic) bond motifs is 6. The average molecular weight is 513 g/mol. The molecule has 0 aliphatic rings. The fourth-order valence-electron chi connectivity index (χ4n) is 6.67. The second-order valence-electron chi connectivity index (χ2n) is 10.4. The van der Waals surface area contributed by atoms with Gasteiger partial charge in [-0.2, -0.15) is 0 Å². The highest BCUT2D eigenvalue weighted by atomic mass is 15.0. The van der Waals surface area contributed by atoms with Gasteiger partial charge in [-0.1, -0.05) is 110 Å². The Hall–Kier alpha value is -5.08. The van der Waals surface area contributed by atoms with E-state index in [1.807, 2.05) is 0 Å². The fourth-order valence-corrected chi connectivity index (χ4v) is 6.67. The summed E-state index contributed by atoms with van der Waals surface area (Å²) in [5.41, 5.74) is 11.3. The first kappa shape index (κ1) is 22.9. The average Bonchev–Trinajstić information content (AvgIpc) is 3.54. The molecule has 0 amide bonds. The van der Waals surface area contributed by atoms with Crippen LogP contribution in [0.3, 0.4) is 0 Å². The quantitative estimate of drug-likeness (QED) is 0.222. The maximum absolute atomic E-state index is 2.45. The van der Waals surface area contributed by atoms with E-state index in [0.29, 0.717) is 0 Å².